The number of nitrogens with one attached hydrogen (secondary N) is 3. The summed E-state index contributed by atoms with van der Waals surface area (Å²) in [6.07, 6.45) is 5.00. The van der Waals surface area contributed by atoms with E-state index in [0.717, 1.165) is 41.0 Å². The minimum atomic E-state index is -1.01. The Morgan fingerprint density at radius 1 is 0.825 bits per heavy atom. The molecule has 57 heavy (non-hydrogen) atoms. The molecule has 4 aliphatic heterocycles. The number of ether oxygens (including phenoxy) is 4. The number of fused-ring (bicyclic) bond motifs is 2. The Bertz CT molecular complexity index is 1800. The third-order valence-electron chi connectivity index (χ3n) is 10.8. The van der Waals surface area contributed by atoms with Crippen LogP contribution in [0, 0.1) is 0 Å². The molecular formula is C40H51N7O9S. The van der Waals surface area contributed by atoms with Gasteiger partial charge in [-0.2, -0.15) is 0 Å². The third-order valence-corrected chi connectivity index (χ3v) is 11.6. The van der Waals surface area contributed by atoms with Crippen LogP contribution in [0.4, 0.5) is 11.4 Å². The second-order valence-electron chi connectivity index (χ2n) is 14.5. The lowest BCUT2D eigenvalue weighted by Crippen LogP contribution is -2.54. The number of thioether (sulfide) groups is 1. The van der Waals surface area contributed by atoms with Crippen molar-refractivity contribution in [2.24, 2.45) is 4.99 Å². The maximum absolute atomic E-state index is 13.2. The Morgan fingerprint density at radius 3 is 2.28 bits per heavy atom. The molecule has 5 amide bonds. The molecule has 0 aromatic heterocycles. The smallest absolute Gasteiger partial charge is 0.264 e. The van der Waals surface area contributed by atoms with Crippen molar-refractivity contribution in [1.82, 2.24) is 20.4 Å². The minimum absolute atomic E-state index is 0.0664. The quantitative estimate of drug-likeness (QED) is 0.148. The molecule has 306 valence electrons. The van der Waals surface area contributed by atoms with Crippen LogP contribution in [-0.2, 0) is 28.6 Å². The number of carbonyl (C=O) groups excluding carboxylic acids is 5. The first-order valence-corrected chi connectivity index (χ1v) is 20.9. The molecule has 3 fully saturated rings. The average molecular weight is 806 g/mol. The summed E-state index contributed by atoms with van der Waals surface area (Å²) in [5.41, 5.74) is 2.02. The molecular weight excluding hydrogens is 755 g/mol. The predicted molar refractivity (Wildman–Crippen MR) is 214 cm³/mol. The summed E-state index contributed by atoms with van der Waals surface area (Å²) in [7, 11) is 0. The van der Waals surface area contributed by atoms with Crippen molar-refractivity contribution >= 4 is 57.8 Å². The molecule has 16 nitrogen and oxygen atoms in total. The van der Waals surface area contributed by atoms with Gasteiger partial charge in [0.15, 0.2) is 5.17 Å². The topological polar surface area (TPSA) is 180 Å². The van der Waals surface area contributed by atoms with Gasteiger partial charge >= 0.3 is 0 Å². The van der Waals surface area contributed by atoms with Crippen molar-refractivity contribution in [3.63, 3.8) is 0 Å². The van der Waals surface area contributed by atoms with E-state index < -0.39 is 29.7 Å². The lowest BCUT2D eigenvalue weighted by atomic mass is 9.92. The zero-order valence-electron chi connectivity index (χ0n) is 32.1. The summed E-state index contributed by atoms with van der Waals surface area (Å²) >= 11 is 1.54. The highest BCUT2D eigenvalue weighted by Gasteiger charge is 2.45. The number of amides is 5. The number of hydrogen-bond acceptors (Lipinski definition) is 14. The van der Waals surface area contributed by atoms with E-state index in [4.69, 9.17) is 23.9 Å². The number of imide groups is 2. The molecule has 5 aliphatic rings. The van der Waals surface area contributed by atoms with Crippen molar-refractivity contribution in [1.29, 1.82) is 0 Å². The normalized spacial score (nSPS) is 21.9. The molecule has 2 aromatic carbocycles. The van der Waals surface area contributed by atoms with E-state index in [0.29, 0.717) is 89.4 Å². The Balaban J connectivity index is 0.692. The fourth-order valence-electron chi connectivity index (χ4n) is 7.73. The molecule has 3 N–H and O–H groups in total. The van der Waals surface area contributed by atoms with Gasteiger partial charge in [0.25, 0.3) is 11.8 Å². The van der Waals surface area contributed by atoms with Crippen LogP contribution < -0.4 is 25.6 Å². The number of rotatable bonds is 18. The van der Waals surface area contributed by atoms with Gasteiger partial charge in [0, 0.05) is 50.5 Å². The van der Waals surface area contributed by atoms with Crippen molar-refractivity contribution in [2.45, 2.75) is 56.7 Å². The minimum Gasteiger partial charge on any atom is -0.491 e. The van der Waals surface area contributed by atoms with E-state index in [1.807, 2.05) is 17.0 Å². The molecule has 7 rings (SSSR count). The first-order valence-electron chi connectivity index (χ1n) is 19.9. The number of piperidine rings is 1. The fraction of sp³-hybridized carbons (Fsp3) is 0.550. The summed E-state index contributed by atoms with van der Waals surface area (Å²) in [6, 6.07) is 12.8. The number of piperazine rings is 1. The summed E-state index contributed by atoms with van der Waals surface area (Å²) in [5, 5.41) is 9.81. The zero-order chi connectivity index (χ0) is 39.6. The Morgan fingerprint density at radius 2 is 1.54 bits per heavy atom. The van der Waals surface area contributed by atoms with Gasteiger partial charge in [0.1, 0.15) is 18.4 Å². The number of amidine groups is 1. The lowest BCUT2D eigenvalue weighted by molar-refractivity contribution is -0.136. The fourth-order valence-corrected chi connectivity index (χ4v) is 8.62. The highest BCUT2D eigenvalue weighted by molar-refractivity contribution is 8.14. The average Bonchev–Trinajstić information content (AvgIpc) is 3.76. The van der Waals surface area contributed by atoms with E-state index in [2.05, 4.69) is 33.0 Å². The first-order chi connectivity index (χ1) is 27.9. The van der Waals surface area contributed by atoms with Crippen LogP contribution in [0.1, 0.15) is 59.2 Å². The van der Waals surface area contributed by atoms with Crippen molar-refractivity contribution in [3.05, 3.63) is 53.6 Å². The van der Waals surface area contributed by atoms with Gasteiger partial charge in [-0.1, -0.05) is 30.7 Å². The van der Waals surface area contributed by atoms with Crippen LogP contribution in [0.5, 0.6) is 5.75 Å². The summed E-state index contributed by atoms with van der Waals surface area (Å²) in [6.45, 7) is 6.15. The van der Waals surface area contributed by atoms with E-state index in [1.165, 1.54) is 19.3 Å². The Labute approximate surface area is 336 Å². The third kappa shape index (κ3) is 10.2. The Hall–Kier alpha value is -4.71. The van der Waals surface area contributed by atoms with E-state index >= 15 is 0 Å². The van der Waals surface area contributed by atoms with Crippen LogP contribution >= 0.6 is 11.8 Å². The van der Waals surface area contributed by atoms with Gasteiger partial charge in [-0.15, -0.1) is 0 Å². The highest BCUT2D eigenvalue weighted by atomic mass is 32.2. The maximum Gasteiger partial charge on any atom is 0.264 e. The van der Waals surface area contributed by atoms with E-state index in [1.54, 1.807) is 30.0 Å². The summed E-state index contributed by atoms with van der Waals surface area (Å²) < 4.78 is 22.7. The maximum atomic E-state index is 13.2. The number of carbonyl (C=O) groups is 5. The van der Waals surface area contributed by atoms with Crippen molar-refractivity contribution < 1.29 is 42.9 Å². The summed E-state index contributed by atoms with van der Waals surface area (Å²) in [4.78, 5) is 73.0. The second kappa shape index (κ2) is 19.6. The molecule has 2 aromatic rings. The molecule has 17 heteroatoms. The van der Waals surface area contributed by atoms with Gasteiger partial charge < -0.3 is 39.4 Å². The molecule has 2 saturated heterocycles. The summed E-state index contributed by atoms with van der Waals surface area (Å²) in [5.74, 6) is -0.792. The lowest BCUT2D eigenvalue weighted by Gasteiger charge is -2.36. The molecule has 0 bridgehead atoms. The van der Waals surface area contributed by atoms with Gasteiger partial charge in [0.05, 0.1) is 68.6 Å². The van der Waals surface area contributed by atoms with Crippen molar-refractivity contribution in [2.75, 3.05) is 94.9 Å². The number of benzene rings is 2. The van der Waals surface area contributed by atoms with Crippen LogP contribution in [0.15, 0.2) is 47.5 Å². The standard InChI is InChI=1S/C40H51N7O9S/c48-34-13-12-33(37(50)44-34)47-38(51)29-4-3-7-32(36(29)39(47)52)41-14-19-53-20-21-54-22-23-55-24-25-56-28-10-8-27(9-11-28)45-15-17-46(18-16-45)35(49)26-57-40-42-30-5-1-2-6-31(30)43-40/h3-4,7-11,30-31,33,41H,1-2,5-6,12-26H2,(H,42,43)(H,44,48,50)/t30-,31-,33?/m1/s1. The van der Waals surface area contributed by atoms with Crippen LogP contribution in [-0.4, -0.2) is 147 Å². The zero-order valence-corrected chi connectivity index (χ0v) is 32.9. The molecule has 0 radical (unpaired) electrons. The Kier molecular flexibility index (Phi) is 13.9. The van der Waals surface area contributed by atoms with Crippen LogP contribution in [0.25, 0.3) is 0 Å². The molecule has 1 aliphatic carbocycles. The predicted octanol–water partition coefficient (Wildman–Crippen LogP) is 2.28. The van der Waals surface area contributed by atoms with Gasteiger partial charge in [-0.3, -0.25) is 39.2 Å². The van der Waals surface area contributed by atoms with Crippen molar-refractivity contribution in [3.8, 4) is 5.75 Å². The van der Waals surface area contributed by atoms with Gasteiger partial charge in [0.2, 0.25) is 17.7 Å². The van der Waals surface area contributed by atoms with Gasteiger partial charge in [-0.25, -0.2) is 0 Å². The SMILES string of the molecule is O=C1CCC(N2C(=O)c3cccc(NCCOCCOCCOCCOc4ccc(N5CCN(C(=O)CSC6=N[C@@H]7CCCC[C@H]7N6)CC5)cc4)c3C2=O)C(=O)N1. The molecule has 4 heterocycles. The van der Waals surface area contributed by atoms with E-state index in [-0.39, 0.29) is 29.9 Å². The largest absolute Gasteiger partial charge is 0.491 e. The van der Waals surface area contributed by atoms with Gasteiger partial charge in [-0.05, 0) is 55.7 Å². The number of nitrogens with zero attached hydrogens (tertiary/aromatic N) is 4. The van der Waals surface area contributed by atoms with Crippen LogP contribution in [0.2, 0.25) is 0 Å². The molecule has 0 spiro atoms. The second-order valence-corrected chi connectivity index (χ2v) is 15.4. The number of aliphatic imine (C=N–C) groups is 1. The molecule has 3 atom stereocenters. The van der Waals surface area contributed by atoms with E-state index in [9.17, 15) is 24.0 Å². The highest BCUT2D eigenvalue weighted by Crippen LogP contribution is 2.32. The molecule has 1 unspecified atom stereocenters. The number of anilines is 2. The molecule has 1 saturated carbocycles. The monoisotopic (exact) mass is 805 g/mol. The number of hydrogen-bond donors (Lipinski definition) is 3. The van der Waals surface area contributed by atoms with Crippen LogP contribution in [0.3, 0.4) is 0 Å². The first kappa shape index (κ1) is 40.5.